The zero-order valence-corrected chi connectivity index (χ0v) is 18.1. The Balaban J connectivity index is 1.81. The molecule has 2 aromatic carbocycles. The average molecular weight is 406 g/mol. The molecule has 30 heavy (non-hydrogen) atoms. The Hall–Kier alpha value is -3.08. The largest absolute Gasteiger partial charge is 0.493 e. The molecule has 2 aromatic rings. The van der Waals surface area contributed by atoms with Gasteiger partial charge in [-0.25, -0.2) is 5.01 Å². The van der Waals surface area contributed by atoms with E-state index < -0.39 is 0 Å². The van der Waals surface area contributed by atoms with E-state index in [4.69, 9.17) is 4.74 Å². The number of hydrazone groups is 1. The minimum absolute atomic E-state index is 0.0785. The van der Waals surface area contributed by atoms with Crippen LogP contribution in [0.25, 0.3) is 0 Å². The summed E-state index contributed by atoms with van der Waals surface area (Å²) in [4.78, 5) is 13.2. The average Bonchev–Trinajstić information content (AvgIpc) is 3.06. The summed E-state index contributed by atoms with van der Waals surface area (Å²) in [5.41, 5.74) is 4.66. The Morgan fingerprint density at radius 3 is 2.47 bits per heavy atom. The second-order valence-electron chi connectivity index (χ2n) is 7.33. The maximum atomic E-state index is 13.2. The molecule has 1 amide bonds. The van der Waals surface area contributed by atoms with Crippen molar-refractivity contribution >= 4 is 17.3 Å². The molecule has 0 bridgehead atoms. The molecule has 0 fully saturated rings. The first kappa shape index (κ1) is 21.6. The zero-order valence-electron chi connectivity index (χ0n) is 18.1. The first-order chi connectivity index (χ1) is 14.7. The number of ether oxygens (including phenoxy) is 1. The molecule has 0 saturated heterocycles. The van der Waals surface area contributed by atoms with Gasteiger partial charge in [-0.15, -0.1) is 0 Å². The van der Waals surface area contributed by atoms with Crippen LogP contribution in [0.3, 0.4) is 0 Å². The van der Waals surface area contributed by atoms with E-state index in [-0.39, 0.29) is 5.91 Å². The van der Waals surface area contributed by atoms with E-state index >= 15 is 0 Å². The molecular weight excluding hydrogens is 374 g/mol. The lowest BCUT2D eigenvalue weighted by Crippen LogP contribution is -2.22. The summed E-state index contributed by atoms with van der Waals surface area (Å²) in [7, 11) is 0. The Kier molecular flexibility index (Phi) is 7.66. The number of carbonyl (C=O) groups excluding carboxylic acids is 1. The standard InChI is InChI=1S/C25H31N3O2/c1-4-11-23-21(17-26-22-14-9-7-12-19(22)6-3)25(29)28(27-23)18-20-13-8-10-15-24(20)30-16-5-2/h7-10,12-15,17,26H,4-6,11,16,18H2,1-3H3. The van der Waals surface area contributed by atoms with Gasteiger partial charge in [0.15, 0.2) is 0 Å². The highest BCUT2D eigenvalue weighted by atomic mass is 16.5. The number of aryl methyl sites for hydroxylation is 1. The summed E-state index contributed by atoms with van der Waals surface area (Å²) in [5, 5.41) is 9.54. The Labute approximate surface area is 179 Å². The Bertz CT molecular complexity index is 933. The summed E-state index contributed by atoms with van der Waals surface area (Å²) >= 11 is 0. The number of hydrogen-bond donors (Lipinski definition) is 1. The van der Waals surface area contributed by atoms with Crippen LogP contribution < -0.4 is 10.1 Å². The first-order valence-electron chi connectivity index (χ1n) is 10.8. The van der Waals surface area contributed by atoms with Crippen molar-refractivity contribution in [3.63, 3.8) is 0 Å². The number of amides is 1. The number of hydrogen-bond acceptors (Lipinski definition) is 4. The molecule has 0 radical (unpaired) electrons. The van der Waals surface area contributed by atoms with E-state index in [1.165, 1.54) is 5.56 Å². The quantitative estimate of drug-likeness (QED) is 0.529. The molecule has 1 aliphatic rings. The van der Waals surface area contributed by atoms with Crippen LogP contribution >= 0.6 is 0 Å². The fourth-order valence-corrected chi connectivity index (χ4v) is 3.45. The third kappa shape index (κ3) is 5.09. The normalized spacial score (nSPS) is 14.9. The van der Waals surface area contributed by atoms with Crippen molar-refractivity contribution in [2.45, 2.75) is 53.0 Å². The van der Waals surface area contributed by atoms with Crippen LogP contribution in [-0.2, 0) is 17.8 Å². The number of rotatable bonds is 10. The van der Waals surface area contributed by atoms with Gasteiger partial charge in [0.05, 0.1) is 24.4 Å². The van der Waals surface area contributed by atoms with Gasteiger partial charge in [0.2, 0.25) is 0 Å². The molecule has 0 unspecified atom stereocenters. The summed E-state index contributed by atoms with van der Waals surface area (Å²) in [5.74, 6) is 0.733. The van der Waals surface area contributed by atoms with Gasteiger partial charge < -0.3 is 10.1 Å². The minimum Gasteiger partial charge on any atom is -0.493 e. The highest BCUT2D eigenvalue weighted by Gasteiger charge is 2.30. The molecule has 0 aliphatic carbocycles. The molecule has 0 atom stereocenters. The second kappa shape index (κ2) is 10.6. The van der Waals surface area contributed by atoms with Crippen LogP contribution in [0.1, 0.15) is 51.2 Å². The third-order valence-electron chi connectivity index (χ3n) is 5.03. The van der Waals surface area contributed by atoms with Gasteiger partial charge in [-0.1, -0.05) is 63.6 Å². The van der Waals surface area contributed by atoms with Gasteiger partial charge >= 0.3 is 0 Å². The van der Waals surface area contributed by atoms with Crippen LogP contribution in [0.15, 0.2) is 65.4 Å². The van der Waals surface area contributed by atoms with Gasteiger partial charge in [-0.05, 0) is 37.0 Å². The van der Waals surface area contributed by atoms with Crippen molar-refractivity contribution in [3.05, 3.63) is 71.4 Å². The first-order valence-corrected chi connectivity index (χ1v) is 10.8. The molecular formula is C25H31N3O2. The summed E-state index contributed by atoms with van der Waals surface area (Å²) in [6.45, 7) is 7.35. The smallest absolute Gasteiger partial charge is 0.277 e. The molecule has 158 valence electrons. The lowest BCUT2D eigenvalue weighted by molar-refractivity contribution is -0.126. The van der Waals surface area contributed by atoms with E-state index in [0.717, 1.165) is 48.4 Å². The number of nitrogens with one attached hydrogen (secondary N) is 1. The van der Waals surface area contributed by atoms with Crippen molar-refractivity contribution in [2.75, 3.05) is 11.9 Å². The van der Waals surface area contributed by atoms with Crippen molar-refractivity contribution < 1.29 is 9.53 Å². The maximum Gasteiger partial charge on any atom is 0.277 e. The van der Waals surface area contributed by atoms with Gasteiger partial charge in [0, 0.05) is 17.5 Å². The van der Waals surface area contributed by atoms with E-state index in [0.29, 0.717) is 18.7 Å². The molecule has 3 rings (SSSR count). The SMILES string of the molecule is CCCOc1ccccc1CN1N=C(CCC)C(=CNc2ccccc2CC)C1=O. The molecule has 0 aromatic heterocycles. The van der Waals surface area contributed by atoms with Crippen LogP contribution in [0.2, 0.25) is 0 Å². The summed E-state index contributed by atoms with van der Waals surface area (Å²) in [6, 6.07) is 16.0. The Morgan fingerprint density at radius 1 is 1.00 bits per heavy atom. The van der Waals surface area contributed by atoms with Gasteiger partial charge in [-0.3, -0.25) is 4.79 Å². The number of para-hydroxylation sites is 2. The van der Waals surface area contributed by atoms with Gasteiger partial charge in [0.25, 0.3) is 5.91 Å². The molecule has 5 nitrogen and oxygen atoms in total. The lowest BCUT2D eigenvalue weighted by Gasteiger charge is -2.15. The van der Waals surface area contributed by atoms with E-state index in [1.807, 2.05) is 48.7 Å². The summed E-state index contributed by atoms with van der Waals surface area (Å²) in [6.07, 6.45) is 5.37. The van der Waals surface area contributed by atoms with Crippen LogP contribution in [0.4, 0.5) is 5.69 Å². The molecule has 5 heteroatoms. The van der Waals surface area contributed by atoms with Crippen LogP contribution in [0, 0.1) is 0 Å². The van der Waals surface area contributed by atoms with Gasteiger partial charge in [0.1, 0.15) is 5.75 Å². The number of nitrogens with zero attached hydrogens (tertiary/aromatic N) is 2. The van der Waals surface area contributed by atoms with Crippen molar-refractivity contribution in [3.8, 4) is 5.75 Å². The van der Waals surface area contributed by atoms with E-state index in [9.17, 15) is 4.79 Å². The highest BCUT2D eigenvalue weighted by Crippen LogP contribution is 2.26. The monoisotopic (exact) mass is 405 g/mol. The highest BCUT2D eigenvalue weighted by molar-refractivity contribution is 6.24. The fraction of sp³-hybridized carbons (Fsp3) is 0.360. The number of benzene rings is 2. The minimum atomic E-state index is -0.0785. The molecule has 0 saturated carbocycles. The fourth-order valence-electron chi connectivity index (χ4n) is 3.45. The van der Waals surface area contributed by atoms with Crippen LogP contribution in [0.5, 0.6) is 5.75 Å². The maximum absolute atomic E-state index is 13.2. The van der Waals surface area contributed by atoms with E-state index in [2.05, 4.69) is 37.3 Å². The molecule has 1 N–H and O–H groups in total. The van der Waals surface area contributed by atoms with Crippen molar-refractivity contribution in [2.24, 2.45) is 5.10 Å². The Morgan fingerprint density at radius 2 is 1.73 bits per heavy atom. The zero-order chi connectivity index (χ0) is 21.3. The molecule has 1 aliphatic heterocycles. The van der Waals surface area contributed by atoms with Crippen molar-refractivity contribution in [1.82, 2.24) is 5.01 Å². The summed E-state index contributed by atoms with van der Waals surface area (Å²) < 4.78 is 5.85. The molecule has 1 heterocycles. The second-order valence-corrected chi connectivity index (χ2v) is 7.33. The van der Waals surface area contributed by atoms with Crippen LogP contribution in [-0.4, -0.2) is 23.2 Å². The topological polar surface area (TPSA) is 53.9 Å². The number of anilines is 1. The molecule has 0 spiro atoms. The predicted molar refractivity (Wildman–Crippen MR) is 123 cm³/mol. The van der Waals surface area contributed by atoms with Crippen molar-refractivity contribution in [1.29, 1.82) is 0 Å². The predicted octanol–water partition coefficient (Wildman–Crippen LogP) is 5.53. The number of carbonyl (C=O) groups is 1. The van der Waals surface area contributed by atoms with Gasteiger partial charge in [-0.2, -0.15) is 5.10 Å². The lowest BCUT2D eigenvalue weighted by atomic mass is 10.1. The van der Waals surface area contributed by atoms with E-state index in [1.54, 1.807) is 5.01 Å². The third-order valence-corrected chi connectivity index (χ3v) is 5.03.